The Hall–Kier alpha value is -4.45. The molecular formula is C31H32N4O7S. The van der Waals surface area contributed by atoms with Gasteiger partial charge in [0.05, 0.1) is 26.8 Å². The van der Waals surface area contributed by atoms with Crippen molar-refractivity contribution in [3.05, 3.63) is 80.8 Å². The molecule has 2 fully saturated rings. The molecule has 1 aliphatic heterocycles. The molecule has 1 aliphatic carbocycles. The molecule has 224 valence electrons. The van der Waals surface area contributed by atoms with Crippen LogP contribution in [0, 0.1) is 0 Å². The first-order valence-corrected chi connectivity index (χ1v) is 14.9. The van der Waals surface area contributed by atoms with Gasteiger partial charge in [0.2, 0.25) is 0 Å². The monoisotopic (exact) mass is 604 g/mol. The Morgan fingerprint density at radius 1 is 1.07 bits per heavy atom. The fourth-order valence-corrected chi connectivity index (χ4v) is 6.60. The van der Waals surface area contributed by atoms with E-state index < -0.39 is 17.7 Å². The van der Waals surface area contributed by atoms with E-state index in [2.05, 4.69) is 0 Å². The fourth-order valence-electron chi connectivity index (χ4n) is 5.52. The van der Waals surface area contributed by atoms with Gasteiger partial charge in [-0.15, -0.1) is 0 Å². The van der Waals surface area contributed by atoms with Crippen LogP contribution in [0.1, 0.15) is 60.6 Å². The van der Waals surface area contributed by atoms with Crippen LogP contribution in [0.4, 0.5) is 4.79 Å². The zero-order valence-corrected chi connectivity index (χ0v) is 25.0. The molecule has 43 heavy (non-hydrogen) atoms. The molecule has 0 N–H and O–H groups in total. The lowest BCUT2D eigenvalue weighted by Crippen LogP contribution is -2.32. The van der Waals surface area contributed by atoms with Crippen molar-refractivity contribution >= 4 is 33.7 Å². The van der Waals surface area contributed by atoms with Gasteiger partial charge < -0.3 is 18.9 Å². The molecule has 2 aromatic carbocycles. The Kier molecular flexibility index (Phi) is 7.78. The van der Waals surface area contributed by atoms with Crippen LogP contribution in [0.15, 0.2) is 53.3 Å². The summed E-state index contributed by atoms with van der Waals surface area (Å²) in [6.45, 7) is 2.18. The number of rotatable bonds is 9. The van der Waals surface area contributed by atoms with E-state index in [1.807, 2.05) is 36.4 Å². The van der Waals surface area contributed by atoms with Crippen molar-refractivity contribution in [2.45, 2.75) is 57.4 Å². The second-order valence-corrected chi connectivity index (χ2v) is 11.7. The number of thiazole rings is 1. The molecule has 0 bridgehead atoms. The van der Waals surface area contributed by atoms with Gasteiger partial charge in [0.15, 0.2) is 21.8 Å². The molecule has 2 aromatic heterocycles. The highest BCUT2D eigenvalue weighted by Crippen LogP contribution is 2.49. The molecule has 12 heteroatoms. The number of esters is 1. The van der Waals surface area contributed by atoms with E-state index in [1.54, 1.807) is 31.3 Å². The Morgan fingerprint density at radius 3 is 2.56 bits per heavy atom. The number of hydrogen-bond donors (Lipinski definition) is 0. The van der Waals surface area contributed by atoms with E-state index in [9.17, 15) is 14.4 Å². The summed E-state index contributed by atoms with van der Waals surface area (Å²) in [5.41, 5.74) is 0.502. The van der Waals surface area contributed by atoms with Crippen molar-refractivity contribution in [3.63, 3.8) is 0 Å². The van der Waals surface area contributed by atoms with Crippen LogP contribution in [-0.2, 0) is 33.0 Å². The number of methoxy groups -OCH3 is 2. The van der Waals surface area contributed by atoms with Crippen molar-refractivity contribution in [3.8, 4) is 11.5 Å². The average molecular weight is 605 g/mol. The van der Waals surface area contributed by atoms with E-state index in [4.69, 9.17) is 28.9 Å². The summed E-state index contributed by atoms with van der Waals surface area (Å²) in [6.07, 6.45) is 2.17. The van der Waals surface area contributed by atoms with Gasteiger partial charge in [0.1, 0.15) is 23.1 Å². The van der Waals surface area contributed by atoms with Gasteiger partial charge >= 0.3 is 12.1 Å². The molecule has 1 atom stereocenters. The molecule has 0 spiro atoms. The van der Waals surface area contributed by atoms with E-state index in [-0.39, 0.29) is 30.3 Å². The summed E-state index contributed by atoms with van der Waals surface area (Å²) in [4.78, 5) is 51.0. The zero-order valence-electron chi connectivity index (χ0n) is 24.2. The lowest BCUT2D eigenvalue weighted by Gasteiger charge is -2.22. The highest BCUT2D eigenvalue weighted by Gasteiger charge is 2.52. The van der Waals surface area contributed by atoms with Crippen LogP contribution in [-0.4, -0.2) is 52.3 Å². The predicted octanol–water partition coefficient (Wildman–Crippen LogP) is 4.94. The molecule has 3 heterocycles. The number of fused-ring (bicyclic) bond motifs is 1. The minimum atomic E-state index is -0.982. The molecule has 11 nitrogen and oxygen atoms in total. The van der Waals surface area contributed by atoms with Crippen LogP contribution < -0.4 is 15.0 Å². The zero-order chi connectivity index (χ0) is 30.1. The summed E-state index contributed by atoms with van der Waals surface area (Å²) in [5, 5.41) is 0.622. The second-order valence-electron chi connectivity index (χ2n) is 10.7. The minimum absolute atomic E-state index is 0.127. The number of ether oxygens (including phenoxy) is 4. The van der Waals surface area contributed by atoms with Gasteiger partial charge in [-0.2, -0.15) is 0 Å². The highest BCUT2D eigenvalue weighted by atomic mass is 32.1. The van der Waals surface area contributed by atoms with Crippen molar-refractivity contribution < 1.29 is 28.5 Å². The lowest BCUT2D eigenvalue weighted by molar-refractivity contribution is -0.149. The molecule has 6 rings (SSSR count). The number of benzene rings is 2. The molecule has 1 amide bonds. The summed E-state index contributed by atoms with van der Waals surface area (Å²) in [6, 6.07) is 14.5. The first kappa shape index (κ1) is 28.7. The van der Waals surface area contributed by atoms with Crippen molar-refractivity contribution in [2.75, 3.05) is 20.8 Å². The standard InChI is InChI=1S/C31H32N4O7S/c1-19(36)42-31(13-14-31)29-33-27-25(28(37)35(29)17-21-11-12-22(39-2)16-24(21)40-3)32-26(43-27)23-10-7-15-34(23)30(38)41-18-20-8-5-4-6-9-20/h4-6,8-9,11-12,16,23H,7,10,13-15,17-18H2,1-3H3. The predicted molar refractivity (Wildman–Crippen MR) is 158 cm³/mol. The summed E-state index contributed by atoms with van der Waals surface area (Å²) in [5.74, 6) is 1.09. The van der Waals surface area contributed by atoms with Gasteiger partial charge in [0.25, 0.3) is 5.56 Å². The number of aromatic nitrogens is 3. The Bertz CT molecular complexity index is 1730. The fraction of sp³-hybridized carbons (Fsp3) is 0.387. The summed E-state index contributed by atoms with van der Waals surface area (Å²) < 4.78 is 23.8. The molecule has 4 aromatic rings. The third-order valence-electron chi connectivity index (χ3n) is 7.79. The first-order chi connectivity index (χ1) is 20.8. The number of carbonyl (C=O) groups is 2. The second kappa shape index (κ2) is 11.7. The molecule has 1 unspecified atom stereocenters. The van der Waals surface area contributed by atoms with E-state index in [0.29, 0.717) is 53.0 Å². The minimum Gasteiger partial charge on any atom is -0.497 e. The maximum atomic E-state index is 14.1. The van der Waals surface area contributed by atoms with Crippen molar-refractivity contribution in [1.29, 1.82) is 0 Å². The number of likely N-dealkylation sites (tertiary alicyclic amines) is 1. The maximum Gasteiger partial charge on any atom is 0.410 e. The quantitative estimate of drug-likeness (QED) is 0.244. The van der Waals surface area contributed by atoms with Crippen LogP contribution in [0.2, 0.25) is 0 Å². The van der Waals surface area contributed by atoms with E-state index >= 15 is 0 Å². The van der Waals surface area contributed by atoms with Crippen molar-refractivity contribution in [2.24, 2.45) is 0 Å². The highest BCUT2D eigenvalue weighted by molar-refractivity contribution is 7.18. The number of hydrogen-bond acceptors (Lipinski definition) is 10. The van der Waals surface area contributed by atoms with Crippen LogP contribution in [0.3, 0.4) is 0 Å². The normalized spacial score (nSPS) is 17.1. The molecule has 1 saturated carbocycles. The van der Waals surface area contributed by atoms with Crippen LogP contribution >= 0.6 is 11.3 Å². The third-order valence-corrected chi connectivity index (χ3v) is 8.84. The van der Waals surface area contributed by atoms with Crippen LogP contribution in [0.25, 0.3) is 10.3 Å². The summed E-state index contributed by atoms with van der Waals surface area (Å²) >= 11 is 1.28. The lowest BCUT2D eigenvalue weighted by atomic mass is 10.1. The average Bonchev–Trinajstić information content (AvgIpc) is 3.40. The Balaban J connectivity index is 1.36. The SMILES string of the molecule is COc1ccc(Cn2c(C3(OC(C)=O)CC3)nc3sc(C4CCCN4C(=O)OCc4ccccc4)nc3c2=O)c(OC)c1. The number of carbonyl (C=O) groups excluding carboxylic acids is 2. The molecule has 0 radical (unpaired) electrons. The van der Waals surface area contributed by atoms with Gasteiger partial charge in [-0.3, -0.25) is 19.1 Å². The first-order valence-electron chi connectivity index (χ1n) is 14.1. The van der Waals surface area contributed by atoms with Gasteiger partial charge in [-0.1, -0.05) is 41.7 Å². The van der Waals surface area contributed by atoms with Gasteiger partial charge in [0, 0.05) is 25.1 Å². The van der Waals surface area contributed by atoms with Crippen LogP contribution in [0.5, 0.6) is 11.5 Å². The number of nitrogens with zero attached hydrogens (tertiary/aromatic N) is 4. The third kappa shape index (κ3) is 5.66. The number of amides is 1. The van der Waals surface area contributed by atoms with Gasteiger partial charge in [-0.25, -0.2) is 14.8 Å². The van der Waals surface area contributed by atoms with Gasteiger partial charge in [-0.05, 0) is 43.4 Å². The van der Waals surface area contributed by atoms with E-state index in [0.717, 1.165) is 17.5 Å². The van der Waals surface area contributed by atoms with Crippen molar-refractivity contribution in [1.82, 2.24) is 19.4 Å². The summed E-state index contributed by atoms with van der Waals surface area (Å²) in [7, 11) is 3.12. The molecular weight excluding hydrogens is 572 g/mol. The topological polar surface area (TPSA) is 122 Å². The Labute approximate surface area is 252 Å². The largest absolute Gasteiger partial charge is 0.497 e. The smallest absolute Gasteiger partial charge is 0.410 e. The molecule has 1 saturated heterocycles. The molecule has 2 aliphatic rings. The van der Waals surface area contributed by atoms with E-state index in [1.165, 1.54) is 22.8 Å². The Morgan fingerprint density at radius 2 is 1.86 bits per heavy atom. The maximum absolute atomic E-state index is 14.1.